The lowest BCUT2D eigenvalue weighted by molar-refractivity contribution is -0.159. The highest BCUT2D eigenvalue weighted by molar-refractivity contribution is 7.12. The molecule has 2 heterocycles. The Labute approximate surface area is 155 Å². The number of benzene rings is 1. The van der Waals surface area contributed by atoms with Crippen molar-refractivity contribution in [2.24, 2.45) is 0 Å². The van der Waals surface area contributed by atoms with Gasteiger partial charge in [-0.3, -0.25) is 14.4 Å². The van der Waals surface area contributed by atoms with Gasteiger partial charge in [-0.15, -0.1) is 11.3 Å². The minimum absolute atomic E-state index is 0.216. The smallest absolute Gasteiger partial charge is 0.326 e. The lowest BCUT2D eigenvalue weighted by atomic mass is 10.1. The number of amides is 2. The summed E-state index contributed by atoms with van der Waals surface area (Å²) in [4.78, 5) is 39.1. The summed E-state index contributed by atoms with van der Waals surface area (Å²) in [7, 11) is 0. The van der Waals surface area contributed by atoms with E-state index in [0.29, 0.717) is 23.5 Å². The molecule has 0 aliphatic carbocycles. The van der Waals surface area contributed by atoms with Gasteiger partial charge in [0.15, 0.2) is 0 Å². The van der Waals surface area contributed by atoms with Crippen molar-refractivity contribution in [2.45, 2.75) is 18.9 Å². The molecule has 0 spiro atoms. The maximum Gasteiger partial charge on any atom is 0.326 e. The van der Waals surface area contributed by atoms with Gasteiger partial charge in [-0.1, -0.05) is 36.4 Å². The average molecular weight is 372 g/mol. The molecule has 0 radical (unpaired) electrons. The van der Waals surface area contributed by atoms with Crippen molar-refractivity contribution in [1.82, 2.24) is 10.2 Å². The molecule has 2 aromatic rings. The van der Waals surface area contributed by atoms with E-state index in [1.54, 1.807) is 46.7 Å². The van der Waals surface area contributed by atoms with E-state index in [9.17, 15) is 14.4 Å². The van der Waals surface area contributed by atoms with Crippen molar-refractivity contribution in [1.29, 1.82) is 0 Å². The van der Waals surface area contributed by atoms with Crippen molar-refractivity contribution in [3.8, 4) is 0 Å². The minimum Gasteiger partial charge on any atom is -0.446 e. The maximum absolute atomic E-state index is 12.8. The quantitative estimate of drug-likeness (QED) is 0.790. The van der Waals surface area contributed by atoms with Crippen molar-refractivity contribution in [3.63, 3.8) is 0 Å². The summed E-state index contributed by atoms with van der Waals surface area (Å²) in [6.07, 6.45) is 0.927. The molecule has 1 atom stereocenters. The summed E-state index contributed by atoms with van der Waals surface area (Å²) in [6, 6.07) is 12.4. The first-order chi connectivity index (χ1) is 12.6. The highest BCUT2D eigenvalue weighted by Crippen LogP contribution is 2.22. The number of rotatable bonds is 6. The summed E-state index contributed by atoms with van der Waals surface area (Å²) >= 11 is 1.29. The molecule has 7 heteroatoms. The van der Waals surface area contributed by atoms with Gasteiger partial charge >= 0.3 is 5.97 Å². The molecular weight excluding hydrogens is 352 g/mol. The number of carbonyl (C=O) groups excluding carboxylic acids is 3. The summed E-state index contributed by atoms with van der Waals surface area (Å²) in [5.41, 5.74) is 0.627. The molecule has 2 amide bonds. The molecule has 6 nitrogen and oxygen atoms in total. The number of thiophene rings is 1. The van der Waals surface area contributed by atoms with Gasteiger partial charge in [0.05, 0.1) is 4.88 Å². The molecule has 1 aromatic carbocycles. The second kappa shape index (κ2) is 8.62. The largest absolute Gasteiger partial charge is 0.446 e. The third-order valence-corrected chi connectivity index (χ3v) is 5.00. The molecule has 1 aliphatic heterocycles. The number of esters is 1. The molecule has 26 heavy (non-hydrogen) atoms. The molecule has 1 saturated heterocycles. The molecule has 0 bridgehead atoms. The van der Waals surface area contributed by atoms with Crippen LogP contribution in [0.5, 0.6) is 0 Å². The zero-order valence-corrected chi connectivity index (χ0v) is 15.0. The van der Waals surface area contributed by atoms with Crippen LogP contribution in [-0.4, -0.2) is 42.3 Å². The summed E-state index contributed by atoms with van der Waals surface area (Å²) < 4.78 is 5.44. The number of nitrogens with zero attached hydrogens (tertiary/aromatic N) is 1. The van der Waals surface area contributed by atoms with Crippen LogP contribution in [0.25, 0.3) is 0 Å². The van der Waals surface area contributed by atoms with Crippen molar-refractivity contribution >= 4 is 29.1 Å². The molecule has 136 valence electrons. The van der Waals surface area contributed by atoms with Gasteiger partial charge in [0.2, 0.25) is 6.10 Å². The van der Waals surface area contributed by atoms with Gasteiger partial charge in [0.25, 0.3) is 11.8 Å². The Morgan fingerprint density at radius 3 is 2.46 bits per heavy atom. The van der Waals surface area contributed by atoms with E-state index in [4.69, 9.17) is 4.74 Å². The SMILES string of the molecule is O=C(CNC(=O)c1cccs1)O[C@@H](C(=O)N1CCCC1)c1ccccc1. The van der Waals surface area contributed by atoms with Gasteiger partial charge in [-0.05, 0) is 24.3 Å². The molecule has 1 N–H and O–H groups in total. The van der Waals surface area contributed by atoms with E-state index in [0.717, 1.165) is 12.8 Å². The van der Waals surface area contributed by atoms with Gasteiger partial charge in [-0.2, -0.15) is 0 Å². The zero-order valence-electron chi connectivity index (χ0n) is 14.2. The Morgan fingerprint density at radius 1 is 1.08 bits per heavy atom. The summed E-state index contributed by atoms with van der Waals surface area (Å²) in [5, 5.41) is 4.31. The standard InChI is InChI=1S/C19H20N2O4S/c22-16(13-20-18(23)15-9-6-12-26-15)25-17(14-7-2-1-3-8-14)19(24)21-10-4-5-11-21/h1-3,6-9,12,17H,4-5,10-11,13H2,(H,20,23)/t17-/m1/s1. The third-order valence-electron chi connectivity index (χ3n) is 4.13. The number of hydrogen-bond donors (Lipinski definition) is 1. The number of nitrogens with one attached hydrogen (secondary N) is 1. The normalized spacial score (nSPS) is 14.7. The summed E-state index contributed by atoms with van der Waals surface area (Å²) in [5.74, 6) is -1.19. The Bertz CT molecular complexity index is 755. The monoisotopic (exact) mass is 372 g/mol. The van der Waals surface area contributed by atoms with Gasteiger partial charge in [0, 0.05) is 18.7 Å². The summed E-state index contributed by atoms with van der Waals surface area (Å²) in [6.45, 7) is 1.07. The minimum atomic E-state index is -0.986. The number of carbonyl (C=O) groups is 3. The fraction of sp³-hybridized carbons (Fsp3) is 0.316. The maximum atomic E-state index is 12.8. The van der Waals surface area contributed by atoms with E-state index < -0.39 is 12.1 Å². The Hall–Kier alpha value is -2.67. The number of ether oxygens (including phenoxy) is 1. The van der Waals surface area contributed by atoms with Crippen LogP contribution in [-0.2, 0) is 14.3 Å². The lowest BCUT2D eigenvalue weighted by Crippen LogP contribution is -2.37. The van der Waals surface area contributed by atoms with Crippen molar-refractivity contribution < 1.29 is 19.1 Å². The fourth-order valence-corrected chi connectivity index (χ4v) is 3.45. The Morgan fingerprint density at radius 2 is 1.81 bits per heavy atom. The topological polar surface area (TPSA) is 75.7 Å². The molecule has 1 aromatic heterocycles. The van der Waals surface area contributed by atoms with Crippen LogP contribution in [0.2, 0.25) is 0 Å². The predicted octanol–water partition coefficient (Wildman–Crippen LogP) is 2.38. The van der Waals surface area contributed by atoms with E-state index in [-0.39, 0.29) is 18.4 Å². The molecule has 0 unspecified atom stereocenters. The first kappa shape index (κ1) is 18.1. The van der Waals surface area contributed by atoms with Crippen molar-refractivity contribution in [3.05, 3.63) is 58.3 Å². The van der Waals surface area contributed by atoms with E-state index in [2.05, 4.69) is 5.32 Å². The average Bonchev–Trinajstić information content (AvgIpc) is 3.38. The molecule has 1 aliphatic rings. The van der Waals surface area contributed by atoms with Gasteiger partial charge in [-0.25, -0.2) is 0 Å². The Balaban J connectivity index is 1.64. The fourth-order valence-electron chi connectivity index (χ4n) is 2.81. The highest BCUT2D eigenvalue weighted by Gasteiger charge is 2.30. The first-order valence-electron chi connectivity index (χ1n) is 8.50. The van der Waals surface area contributed by atoms with Crippen LogP contribution in [0.1, 0.15) is 34.2 Å². The molecule has 3 rings (SSSR count). The van der Waals surface area contributed by atoms with Crippen LogP contribution >= 0.6 is 11.3 Å². The van der Waals surface area contributed by atoms with E-state index >= 15 is 0 Å². The molecular formula is C19H20N2O4S. The van der Waals surface area contributed by atoms with Crippen LogP contribution in [0, 0.1) is 0 Å². The number of likely N-dealkylation sites (tertiary alicyclic amines) is 1. The van der Waals surface area contributed by atoms with Crippen LogP contribution in [0.15, 0.2) is 47.8 Å². The van der Waals surface area contributed by atoms with Gasteiger partial charge in [0.1, 0.15) is 6.54 Å². The second-order valence-corrected chi connectivity index (χ2v) is 6.92. The Kier molecular flexibility index (Phi) is 6.01. The van der Waals surface area contributed by atoms with Gasteiger partial charge < -0.3 is 15.0 Å². The van der Waals surface area contributed by atoms with Crippen LogP contribution < -0.4 is 5.32 Å². The highest BCUT2D eigenvalue weighted by atomic mass is 32.1. The second-order valence-electron chi connectivity index (χ2n) is 5.97. The van der Waals surface area contributed by atoms with Crippen LogP contribution in [0.3, 0.4) is 0 Å². The predicted molar refractivity (Wildman–Crippen MR) is 97.7 cm³/mol. The number of hydrogen-bond acceptors (Lipinski definition) is 5. The van der Waals surface area contributed by atoms with E-state index in [1.165, 1.54) is 11.3 Å². The molecule has 0 saturated carbocycles. The lowest BCUT2D eigenvalue weighted by Gasteiger charge is -2.23. The zero-order chi connectivity index (χ0) is 18.4. The third kappa shape index (κ3) is 4.49. The van der Waals surface area contributed by atoms with Crippen LogP contribution in [0.4, 0.5) is 0 Å². The first-order valence-corrected chi connectivity index (χ1v) is 9.38. The van der Waals surface area contributed by atoms with E-state index in [1.807, 2.05) is 6.07 Å². The molecule has 1 fully saturated rings. The van der Waals surface area contributed by atoms with Crippen molar-refractivity contribution in [2.75, 3.05) is 19.6 Å².